The Hall–Kier alpha value is -0.390. The SMILES string of the molecule is Cl.Cl.c1cncc(COC2COC3(CCNCC3)C2)c1. The van der Waals surface area contributed by atoms with E-state index >= 15 is 0 Å². The van der Waals surface area contributed by atoms with Crippen LogP contribution in [0.3, 0.4) is 0 Å². The molecule has 1 N–H and O–H groups in total. The normalized spacial score (nSPS) is 23.9. The van der Waals surface area contributed by atoms with Crippen LogP contribution in [0.2, 0.25) is 0 Å². The molecule has 6 heteroatoms. The van der Waals surface area contributed by atoms with Gasteiger partial charge >= 0.3 is 0 Å². The summed E-state index contributed by atoms with van der Waals surface area (Å²) in [6.45, 7) is 3.50. The molecule has 3 rings (SSSR count). The first kappa shape index (κ1) is 17.7. The molecule has 114 valence electrons. The highest BCUT2D eigenvalue weighted by Crippen LogP contribution is 2.35. The van der Waals surface area contributed by atoms with Gasteiger partial charge in [-0.3, -0.25) is 4.98 Å². The summed E-state index contributed by atoms with van der Waals surface area (Å²) in [5, 5.41) is 3.38. The predicted molar refractivity (Wildman–Crippen MR) is 82.7 cm³/mol. The van der Waals surface area contributed by atoms with Crippen molar-refractivity contribution in [3.8, 4) is 0 Å². The Bertz CT molecular complexity index is 386. The van der Waals surface area contributed by atoms with E-state index in [0.717, 1.165) is 44.5 Å². The van der Waals surface area contributed by atoms with Crippen molar-refractivity contribution in [3.05, 3.63) is 30.1 Å². The Labute approximate surface area is 132 Å². The van der Waals surface area contributed by atoms with E-state index in [0.29, 0.717) is 6.61 Å². The zero-order valence-corrected chi connectivity index (χ0v) is 13.0. The van der Waals surface area contributed by atoms with E-state index in [-0.39, 0.29) is 36.5 Å². The van der Waals surface area contributed by atoms with E-state index in [1.165, 1.54) is 0 Å². The van der Waals surface area contributed by atoms with E-state index in [1.807, 2.05) is 18.3 Å². The van der Waals surface area contributed by atoms with E-state index in [1.54, 1.807) is 6.20 Å². The topological polar surface area (TPSA) is 43.4 Å². The summed E-state index contributed by atoms with van der Waals surface area (Å²) in [5.41, 5.74) is 1.22. The maximum atomic E-state index is 6.00. The second-order valence-electron chi connectivity index (χ2n) is 5.24. The van der Waals surface area contributed by atoms with Crippen LogP contribution in [0.4, 0.5) is 0 Å². The van der Waals surface area contributed by atoms with Crippen LogP contribution >= 0.6 is 24.8 Å². The molecule has 0 saturated carbocycles. The van der Waals surface area contributed by atoms with Gasteiger partial charge in [-0.05, 0) is 37.6 Å². The van der Waals surface area contributed by atoms with Crippen molar-refractivity contribution in [1.29, 1.82) is 0 Å². The Morgan fingerprint density at radius 2 is 2.15 bits per heavy atom. The summed E-state index contributed by atoms with van der Waals surface area (Å²) in [6.07, 6.45) is 7.14. The summed E-state index contributed by atoms with van der Waals surface area (Å²) in [6, 6.07) is 3.99. The third kappa shape index (κ3) is 4.30. The molecule has 1 unspecified atom stereocenters. The van der Waals surface area contributed by atoms with Crippen molar-refractivity contribution in [1.82, 2.24) is 10.3 Å². The summed E-state index contributed by atoms with van der Waals surface area (Å²) in [4.78, 5) is 4.09. The minimum absolute atomic E-state index is 0. The molecule has 2 saturated heterocycles. The molecule has 1 aromatic heterocycles. The highest BCUT2D eigenvalue weighted by atomic mass is 35.5. The van der Waals surface area contributed by atoms with Crippen LogP contribution in [0.5, 0.6) is 0 Å². The number of piperidine rings is 1. The smallest absolute Gasteiger partial charge is 0.0840 e. The minimum atomic E-state index is 0. The zero-order chi connectivity index (χ0) is 12.3. The molecular weight excluding hydrogens is 299 g/mol. The zero-order valence-electron chi connectivity index (χ0n) is 11.4. The molecule has 4 nitrogen and oxygen atoms in total. The average molecular weight is 321 g/mol. The maximum Gasteiger partial charge on any atom is 0.0840 e. The molecule has 1 aromatic rings. The van der Waals surface area contributed by atoms with Crippen molar-refractivity contribution >= 4 is 24.8 Å². The van der Waals surface area contributed by atoms with Crippen LogP contribution in [0.1, 0.15) is 24.8 Å². The molecule has 2 fully saturated rings. The van der Waals surface area contributed by atoms with Crippen molar-refractivity contribution in [3.63, 3.8) is 0 Å². The highest BCUT2D eigenvalue weighted by Gasteiger charge is 2.41. The van der Waals surface area contributed by atoms with Crippen LogP contribution in [0.15, 0.2) is 24.5 Å². The predicted octanol–water partition coefficient (Wildman–Crippen LogP) is 2.35. The second kappa shape index (κ2) is 8.15. The first-order valence-corrected chi connectivity index (χ1v) is 6.72. The van der Waals surface area contributed by atoms with Gasteiger partial charge in [-0.15, -0.1) is 24.8 Å². The number of rotatable bonds is 3. The largest absolute Gasteiger partial charge is 0.372 e. The average Bonchev–Trinajstić information content (AvgIpc) is 2.82. The lowest BCUT2D eigenvalue weighted by molar-refractivity contribution is -0.0241. The number of halogens is 2. The number of pyridine rings is 1. The van der Waals surface area contributed by atoms with E-state index in [9.17, 15) is 0 Å². The number of hydrogen-bond donors (Lipinski definition) is 1. The summed E-state index contributed by atoms with van der Waals surface area (Å²) in [5.74, 6) is 0. The number of nitrogens with one attached hydrogen (secondary N) is 1. The summed E-state index contributed by atoms with van der Waals surface area (Å²) >= 11 is 0. The van der Waals surface area contributed by atoms with Gasteiger partial charge in [0.2, 0.25) is 0 Å². The number of hydrogen-bond acceptors (Lipinski definition) is 4. The Kier molecular flexibility index (Phi) is 7.20. The third-order valence-electron chi connectivity index (χ3n) is 3.90. The first-order valence-electron chi connectivity index (χ1n) is 6.72. The Balaban J connectivity index is 0.000001000. The van der Waals surface area contributed by atoms with Crippen molar-refractivity contribution in [2.75, 3.05) is 19.7 Å². The molecule has 0 amide bonds. The van der Waals surface area contributed by atoms with Crippen molar-refractivity contribution < 1.29 is 9.47 Å². The van der Waals surface area contributed by atoms with Gasteiger partial charge in [-0.2, -0.15) is 0 Å². The molecule has 1 spiro atoms. The van der Waals surface area contributed by atoms with Crippen molar-refractivity contribution in [2.45, 2.75) is 37.6 Å². The van der Waals surface area contributed by atoms with Gasteiger partial charge in [0.05, 0.1) is 24.9 Å². The number of ether oxygens (including phenoxy) is 2. The van der Waals surface area contributed by atoms with Gasteiger partial charge in [0.1, 0.15) is 0 Å². The first-order chi connectivity index (χ1) is 8.86. The second-order valence-corrected chi connectivity index (χ2v) is 5.24. The minimum Gasteiger partial charge on any atom is -0.372 e. The van der Waals surface area contributed by atoms with Crippen LogP contribution in [0.25, 0.3) is 0 Å². The quantitative estimate of drug-likeness (QED) is 0.928. The van der Waals surface area contributed by atoms with E-state index in [4.69, 9.17) is 9.47 Å². The molecule has 0 bridgehead atoms. The van der Waals surface area contributed by atoms with E-state index < -0.39 is 0 Å². The molecule has 0 radical (unpaired) electrons. The van der Waals surface area contributed by atoms with E-state index in [2.05, 4.69) is 10.3 Å². The maximum absolute atomic E-state index is 6.00. The van der Waals surface area contributed by atoms with Crippen LogP contribution in [-0.2, 0) is 16.1 Å². The van der Waals surface area contributed by atoms with Gasteiger partial charge in [0.15, 0.2) is 0 Å². The molecule has 1 atom stereocenters. The molecule has 2 aliphatic rings. The lowest BCUT2D eigenvalue weighted by atomic mass is 9.89. The molecule has 3 heterocycles. The Morgan fingerprint density at radius 1 is 1.35 bits per heavy atom. The van der Waals surface area contributed by atoms with Gasteiger partial charge in [-0.1, -0.05) is 6.07 Å². The molecule has 0 aliphatic carbocycles. The van der Waals surface area contributed by atoms with Crippen LogP contribution in [-0.4, -0.2) is 36.4 Å². The van der Waals surface area contributed by atoms with Crippen molar-refractivity contribution in [2.24, 2.45) is 0 Å². The van der Waals surface area contributed by atoms with Gasteiger partial charge in [0.25, 0.3) is 0 Å². The lowest BCUT2D eigenvalue weighted by Gasteiger charge is -2.32. The number of aromatic nitrogens is 1. The van der Waals surface area contributed by atoms with Crippen LogP contribution < -0.4 is 5.32 Å². The third-order valence-corrected chi connectivity index (χ3v) is 3.90. The fraction of sp³-hybridized carbons (Fsp3) is 0.643. The molecular formula is C14H22Cl2N2O2. The summed E-state index contributed by atoms with van der Waals surface area (Å²) in [7, 11) is 0. The van der Waals surface area contributed by atoms with Gasteiger partial charge < -0.3 is 14.8 Å². The monoisotopic (exact) mass is 320 g/mol. The van der Waals surface area contributed by atoms with Gasteiger partial charge in [-0.25, -0.2) is 0 Å². The standard InChI is InChI=1S/C14H20N2O2.2ClH/c1-2-12(9-16-5-1)10-17-13-8-14(18-11-13)3-6-15-7-4-14;;/h1-2,5,9,13,15H,3-4,6-8,10-11H2;2*1H. The summed E-state index contributed by atoms with van der Waals surface area (Å²) < 4.78 is 11.9. The number of nitrogens with zero attached hydrogens (tertiary/aromatic N) is 1. The fourth-order valence-electron chi connectivity index (χ4n) is 2.84. The highest BCUT2D eigenvalue weighted by molar-refractivity contribution is 5.85. The lowest BCUT2D eigenvalue weighted by Crippen LogP contribution is -2.41. The molecule has 2 aliphatic heterocycles. The molecule has 0 aromatic carbocycles. The van der Waals surface area contributed by atoms with Gasteiger partial charge in [0, 0.05) is 18.8 Å². The molecule has 20 heavy (non-hydrogen) atoms. The Morgan fingerprint density at radius 3 is 2.85 bits per heavy atom. The van der Waals surface area contributed by atoms with Crippen LogP contribution in [0, 0.1) is 0 Å². The fourth-order valence-corrected chi connectivity index (χ4v) is 2.84.